The third-order valence-electron chi connectivity index (χ3n) is 2.69. The summed E-state index contributed by atoms with van der Waals surface area (Å²) in [5.74, 6) is 3.00. The lowest BCUT2D eigenvalue weighted by atomic mass is 10.1. The monoisotopic (exact) mass is 231 g/mol. The predicted molar refractivity (Wildman–Crippen MR) is 73.7 cm³/mol. The Morgan fingerprint density at radius 3 is 2.33 bits per heavy atom. The van der Waals surface area contributed by atoms with E-state index in [9.17, 15) is 0 Å². The van der Waals surface area contributed by atoms with Crippen molar-refractivity contribution in [2.75, 3.05) is 18.8 Å². The van der Waals surface area contributed by atoms with Crippen LogP contribution in [0, 0.1) is 11.8 Å². The van der Waals surface area contributed by atoms with E-state index in [1.165, 1.54) is 25.1 Å². The summed E-state index contributed by atoms with van der Waals surface area (Å²) >= 11 is 2.11. The molecule has 0 aromatic carbocycles. The van der Waals surface area contributed by atoms with Crippen molar-refractivity contribution in [3.63, 3.8) is 0 Å². The lowest BCUT2D eigenvalue weighted by Gasteiger charge is -2.15. The first-order valence-corrected chi connectivity index (χ1v) is 7.43. The molecule has 0 bridgehead atoms. The van der Waals surface area contributed by atoms with Crippen molar-refractivity contribution in [3.05, 3.63) is 0 Å². The van der Waals surface area contributed by atoms with Crippen molar-refractivity contribution in [3.8, 4) is 0 Å². The summed E-state index contributed by atoms with van der Waals surface area (Å²) in [4.78, 5) is 0. The molecule has 0 aromatic heterocycles. The van der Waals surface area contributed by atoms with Gasteiger partial charge in [-0.3, -0.25) is 0 Å². The second kappa shape index (κ2) is 9.53. The molecule has 0 radical (unpaired) electrons. The number of hydrogen-bond acceptors (Lipinski definition) is 2. The van der Waals surface area contributed by atoms with Crippen LogP contribution in [0.15, 0.2) is 0 Å². The van der Waals surface area contributed by atoms with Gasteiger partial charge >= 0.3 is 0 Å². The minimum absolute atomic E-state index is 0.756. The van der Waals surface area contributed by atoms with Crippen LogP contribution in [0.1, 0.15) is 47.5 Å². The Hall–Kier alpha value is 0.310. The molecule has 92 valence electrons. The van der Waals surface area contributed by atoms with E-state index >= 15 is 0 Å². The average Bonchev–Trinajstić information content (AvgIpc) is 2.20. The van der Waals surface area contributed by atoms with Gasteiger partial charge in [-0.1, -0.05) is 41.0 Å². The molecule has 1 nitrogen and oxygen atoms in total. The Kier molecular flexibility index (Phi) is 9.73. The molecule has 2 atom stereocenters. The predicted octanol–water partition coefficient (Wildman–Crippen LogP) is 3.79. The van der Waals surface area contributed by atoms with Crippen LogP contribution in [0.2, 0.25) is 0 Å². The van der Waals surface area contributed by atoms with Gasteiger partial charge < -0.3 is 5.32 Å². The van der Waals surface area contributed by atoms with Gasteiger partial charge in [0.05, 0.1) is 0 Å². The largest absolute Gasteiger partial charge is 0.316 e. The summed E-state index contributed by atoms with van der Waals surface area (Å²) in [7, 11) is 0. The van der Waals surface area contributed by atoms with Gasteiger partial charge in [0.15, 0.2) is 0 Å². The maximum absolute atomic E-state index is 3.54. The molecule has 0 saturated heterocycles. The van der Waals surface area contributed by atoms with Crippen LogP contribution < -0.4 is 5.32 Å². The van der Waals surface area contributed by atoms with E-state index in [0.717, 1.165) is 23.6 Å². The van der Waals surface area contributed by atoms with Crippen molar-refractivity contribution < 1.29 is 0 Å². The molecule has 0 rings (SSSR count). The maximum atomic E-state index is 3.54. The highest BCUT2D eigenvalue weighted by Gasteiger charge is 2.05. The smallest absolute Gasteiger partial charge is 0.0144 e. The van der Waals surface area contributed by atoms with Crippen LogP contribution in [-0.4, -0.2) is 24.1 Å². The highest BCUT2D eigenvalue weighted by atomic mass is 32.2. The van der Waals surface area contributed by atoms with E-state index in [0.29, 0.717) is 0 Å². The Labute approximate surface area is 101 Å². The van der Waals surface area contributed by atoms with Crippen LogP contribution >= 0.6 is 11.8 Å². The Bertz CT molecular complexity index is 136. The quantitative estimate of drug-likeness (QED) is 0.606. The first kappa shape index (κ1) is 15.3. The van der Waals surface area contributed by atoms with E-state index in [2.05, 4.69) is 51.7 Å². The molecule has 0 aliphatic rings. The molecule has 0 aromatic rings. The second-order valence-corrected chi connectivity index (χ2v) is 6.52. The van der Waals surface area contributed by atoms with Gasteiger partial charge in [-0.15, -0.1) is 0 Å². The van der Waals surface area contributed by atoms with Crippen molar-refractivity contribution in [2.24, 2.45) is 11.8 Å². The van der Waals surface area contributed by atoms with Crippen molar-refractivity contribution in [1.29, 1.82) is 0 Å². The summed E-state index contributed by atoms with van der Waals surface area (Å²) in [6, 6.07) is 0. The zero-order chi connectivity index (χ0) is 11.7. The fraction of sp³-hybridized carbons (Fsp3) is 1.00. The molecule has 0 aliphatic carbocycles. The molecular weight excluding hydrogens is 202 g/mol. The number of rotatable bonds is 9. The average molecular weight is 231 g/mol. The highest BCUT2D eigenvalue weighted by molar-refractivity contribution is 7.99. The summed E-state index contributed by atoms with van der Waals surface area (Å²) in [5.41, 5.74) is 0. The summed E-state index contributed by atoms with van der Waals surface area (Å²) < 4.78 is 0. The van der Waals surface area contributed by atoms with Crippen molar-refractivity contribution >= 4 is 11.8 Å². The molecule has 0 aliphatic heterocycles. The topological polar surface area (TPSA) is 12.0 Å². The SMILES string of the molecule is CCC(C)CSC(C)CNCCC(C)C. The van der Waals surface area contributed by atoms with E-state index < -0.39 is 0 Å². The fourth-order valence-electron chi connectivity index (χ4n) is 1.20. The Balaban J connectivity index is 3.29. The van der Waals surface area contributed by atoms with Crippen LogP contribution in [0.4, 0.5) is 0 Å². The third-order valence-corrected chi connectivity index (χ3v) is 4.19. The third kappa shape index (κ3) is 10.6. The van der Waals surface area contributed by atoms with Gasteiger partial charge in [0.2, 0.25) is 0 Å². The van der Waals surface area contributed by atoms with Gasteiger partial charge in [-0.2, -0.15) is 11.8 Å². The van der Waals surface area contributed by atoms with E-state index in [1.807, 2.05) is 0 Å². The van der Waals surface area contributed by atoms with Gasteiger partial charge in [-0.05, 0) is 30.6 Å². The summed E-state index contributed by atoms with van der Waals surface area (Å²) in [6.45, 7) is 13.8. The highest BCUT2D eigenvalue weighted by Crippen LogP contribution is 2.16. The molecule has 2 heteroatoms. The van der Waals surface area contributed by atoms with Gasteiger partial charge in [0.25, 0.3) is 0 Å². The van der Waals surface area contributed by atoms with Gasteiger partial charge in [0.1, 0.15) is 0 Å². The van der Waals surface area contributed by atoms with E-state index in [1.54, 1.807) is 0 Å². The Morgan fingerprint density at radius 1 is 1.13 bits per heavy atom. The normalized spacial score (nSPS) is 15.6. The van der Waals surface area contributed by atoms with Crippen LogP contribution in [0.3, 0.4) is 0 Å². The number of hydrogen-bond donors (Lipinski definition) is 1. The molecule has 2 unspecified atom stereocenters. The molecule has 0 fully saturated rings. The van der Waals surface area contributed by atoms with Gasteiger partial charge in [-0.25, -0.2) is 0 Å². The van der Waals surface area contributed by atoms with Crippen molar-refractivity contribution in [1.82, 2.24) is 5.32 Å². The zero-order valence-corrected chi connectivity index (χ0v) is 12.0. The maximum Gasteiger partial charge on any atom is 0.0144 e. The molecule has 1 N–H and O–H groups in total. The molecular formula is C13H29NS. The van der Waals surface area contributed by atoms with Crippen molar-refractivity contribution in [2.45, 2.75) is 52.7 Å². The Morgan fingerprint density at radius 2 is 1.80 bits per heavy atom. The van der Waals surface area contributed by atoms with Gasteiger partial charge in [0, 0.05) is 11.8 Å². The van der Waals surface area contributed by atoms with E-state index in [4.69, 9.17) is 0 Å². The molecule has 0 amide bonds. The second-order valence-electron chi connectivity index (χ2n) is 5.04. The lowest BCUT2D eigenvalue weighted by molar-refractivity contribution is 0.538. The van der Waals surface area contributed by atoms with E-state index in [-0.39, 0.29) is 0 Å². The molecule has 0 heterocycles. The first-order chi connectivity index (χ1) is 7.06. The molecule has 15 heavy (non-hydrogen) atoms. The fourth-order valence-corrected chi connectivity index (χ4v) is 2.33. The summed E-state index contributed by atoms with van der Waals surface area (Å²) in [6.07, 6.45) is 2.60. The minimum atomic E-state index is 0.756. The first-order valence-electron chi connectivity index (χ1n) is 6.38. The molecule has 0 saturated carbocycles. The molecule has 0 spiro atoms. The summed E-state index contributed by atoms with van der Waals surface area (Å²) in [5, 5.41) is 4.29. The standard InChI is InChI=1S/C13H29NS/c1-6-12(4)10-15-13(5)9-14-8-7-11(2)3/h11-14H,6-10H2,1-5H3. The van der Waals surface area contributed by atoms with Crippen LogP contribution in [-0.2, 0) is 0 Å². The van der Waals surface area contributed by atoms with Crippen LogP contribution in [0.5, 0.6) is 0 Å². The minimum Gasteiger partial charge on any atom is -0.316 e. The number of thioether (sulfide) groups is 1. The zero-order valence-electron chi connectivity index (χ0n) is 11.2. The number of nitrogens with one attached hydrogen (secondary N) is 1. The van der Waals surface area contributed by atoms with Crippen LogP contribution in [0.25, 0.3) is 0 Å². The lowest BCUT2D eigenvalue weighted by Crippen LogP contribution is -2.25.